The third kappa shape index (κ3) is 3.97. The molecule has 1 aromatic carbocycles. The lowest BCUT2D eigenvalue weighted by Gasteiger charge is -2.20. The summed E-state index contributed by atoms with van der Waals surface area (Å²) in [4.78, 5) is 13.7. The van der Waals surface area contributed by atoms with Crippen LogP contribution in [0.2, 0.25) is 0 Å². The number of anilines is 1. The van der Waals surface area contributed by atoms with Gasteiger partial charge in [0.15, 0.2) is 11.6 Å². The number of aliphatic hydroxyl groups is 1. The van der Waals surface area contributed by atoms with Crippen LogP contribution in [0.5, 0.6) is 0 Å². The number of nitrogens with zero attached hydrogens (tertiary/aromatic N) is 1. The fraction of sp³-hybridized carbons (Fsp3) is 0.462. The molecule has 0 aliphatic heterocycles. The van der Waals surface area contributed by atoms with E-state index in [0.717, 1.165) is 25.0 Å². The molecular formula is C13H16F2N2O2. The van der Waals surface area contributed by atoms with Crippen molar-refractivity contribution < 1.29 is 18.7 Å². The van der Waals surface area contributed by atoms with Crippen LogP contribution in [-0.2, 0) is 4.79 Å². The van der Waals surface area contributed by atoms with Gasteiger partial charge in [-0.15, -0.1) is 0 Å². The number of halogens is 2. The van der Waals surface area contributed by atoms with Gasteiger partial charge in [0.05, 0.1) is 13.2 Å². The molecule has 1 aromatic rings. The number of aliphatic hydroxyl groups excluding tert-OH is 1. The van der Waals surface area contributed by atoms with Crippen molar-refractivity contribution in [1.82, 2.24) is 4.90 Å². The molecule has 2 N–H and O–H groups in total. The van der Waals surface area contributed by atoms with E-state index in [1.807, 2.05) is 4.90 Å². The maximum Gasteiger partial charge on any atom is 0.238 e. The number of hydrogen-bond donors (Lipinski definition) is 2. The van der Waals surface area contributed by atoms with Crippen molar-refractivity contribution >= 4 is 11.6 Å². The summed E-state index contributed by atoms with van der Waals surface area (Å²) < 4.78 is 25.7. The summed E-state index contributed by atoms with van der Waals surface area (Å²) in [6, 6.07) is 3.57. The molecule has 0 unspecified atom stereocenters. The molecule has 104 valence electrons. The van der Waals surface area contributed by atoms with Gasteiger partial charge in [0.1, 0.15) is 0 Å². The van der Waals surface area contributed by atoms with E-state index in [1.165, 1.54) is 6.07 Å². The molecule has 1 aliphatic rings. The standard InChI is InChI=1S/C13H16F2N2O2/c14-11-4-1-9(7-12(11)15)16-13(19)8-17(5-6-18)10-2-3-10/h1,4,7,10,18H,2-3,5-6,8H2,(H,16,19). The third-order valence-electron chi connectivity index (χ3n) is 3.00. The molecule has 6 heteroatoms. The molecule has 0 heterocycles. The van der Waals surface area contributed by atoms with Gasteiger partial charge < -0.3 is 10.4 Å². The Kier molecular flexibility index (Phi) is 4.44. The lowest BCUT2D eigenvalue weighted by atomic mass is 10.3. The Morgan fingerprint density at radius 1 is 1.37 bits per heavy atom. The molecule has 4 nitrogen and oxygen atoms in total. The van der Waals surface area contributed by atoms with Crippen molar-refractivity contribution in [3.05, 3.63) is 29.8 Å². The first kappa shape index (κ1) is 13.9. The van der Waals surface area contributed by atoms with Crippen LogP contribution in [0.3, 0.4) is 0 Å². The van der Waals surface area contributed by atoms with Gasteiger partial charge in [-0.3, -0.25) is 9.69 Å². The average Bonchev–Trinajstić information content (AvgIpc) is 3.17. The summed E-state index contributed by atoms with van der Waals surface area (Å²) in [7, 11) is 0. The van der Waals surface area contributed by atoms with E-state index in [1.54, 1.807) is 0 Å². The summed E-state index contributed by atoms with van der Waals surface area (Å²) in [6.07, 6.45) is 2.05. The smallest absolute Gasteiger partial charge is 0.238 e. The largest absolute Gasteiger partial charge is 0.395 e. The maximum absolute atomic E-state index is 13.0. The molecule has 0 aromatic heterocycles. The minimum atomic E-state index is -0.993. The first-order valence-electron chi connectivity index (χ1n) is 6.20. The number of rotatable bonds is 6. The number of nitrogens with one attached hydrogen (secondary N) is 1. The highest BCUT2D eigenvalue weighted by Gasteiger charge is 2.29. The van der Waals surface area contributed by atoms with Gasteiger partial charge in [0.2, 0.25) is 5.91 Å². The number of benzene rings is 1. The summed E-state index contributed by atoms with van der Waals surface area (Å²) in [5.41, 5.74) is 0.226. The number of amides is 1. The second-order valence-corrected chi connectivity index (χ2v) is 4.60. The summed E-state index contributed by atoms with van der Waals surface area (Å²) in [6.45, 7) is 0.578. The maximum atomic E-state index is 13.0. The number of hydrogen-bond acceptors (Lipinski definition) is 3. The molecule has 1 amide bonds. The predicted octanol–water partition coefficient (Wildman–Crippen LogP) is 1.36. The Morgan fingerprint density at radius 2 is 2.11 bits per heavy atom. The first-order valence-corrected chi connectivity index (χ1v) is 6.20. The van der Waals surface area contributed by atoms with Gasteiger partial charge in [-0.05, 0) is 25.0 Å². The monoisotopic (exact) mass is 270 g/mol. The predicted molar refractivity (Wildman–Crippen MR) is 66.7 cm³/mol. The second-order valence-electron chi connectivity index (χ2n) is 4.60. The normalized spacial score (nSPS) is 14.7. The van der Waals surface area contributed by atoms with Crippen LogP contribution in [0.1, 0.15) is 12.8 Å². The summed E-state index contributed by atoms with van der Waals surface area (Å²) in [5.74, 6) is -2.24. The van der Waals surface area contributed by atoms with Crippen molar-refractivity contribution in [3.8, 4) is 0 Å². The molecule has 0 saturated heterocycles. The van der Waals surface area contributed by atoms with E-state index in [9.17, 15) is 13.6 Å². The van der Waals surface area contributed by atoms with Crippen LogP contribution in [0.15, 0.2) is 18.2 Å². The zero-order chi connectivity index (χ0) is 13.8. The average molecular weight is 270 g/mol. The molecule has 2 rings (SSSR count). The Labute approximate surface area is 110 Å². The topological polar surface area (TPSA) is 52.6 Å². The molecule has 1 aliphatic carbocycles. The zero-order valence-electron chi connectivity index (χ0n) is 10.4. The van der Waals surface area contributed by atoms with Crippen LogP contribution in [0.4, 0.5) is 14.5 Å². The third-order valence-corrected chi connectivity index (χ3v) is 3.00. The van der Waals surface area contributed by atoms with E-state index >= 15 is 0 Å². The van der Waals surface area contributed by atoms with Crippen LogP contribution >= 0.6 is 0 Å². The molecule has 19 heavy (non-hydrogen) atoms. The Balaban J connectivity index is 1.90. The van der Waals surface area contributed by atoms with Crippen molar-refractivity contribution in [2.24, 2.45) is 0 Å². The highest BCUT2D eigenvalue weighted by molar-refractivity contribution is 5.92. The SMILES string of the molecule is O=C(CN(CCO)C1CC1)Nc1ccc(F)c(F)c1. The van der Waals surface area contributed by atoms with E-state index in [2.05, 4.69) is 5.32 Å². The Morgan fingerprint density at radius 3 is 2.68 bits per heavy atom. The van der Waals surface area contributed by atoms with Gasteiger partial charge in [-0.25, -0.2) is 8.78 Å². The van der Waals surface area contributed by atoms with Crippen molar-refractivity contribution in [2.75, 3.05) is 25.0 Å². The van der Waals surface area contributed by atoms with E-state index < -0.39 is 11.6 Å². The fourth-order valence-corrected chi connectivity index (χ4v) is 1.92. The zero-order valence-corrected chi connectivity index (χ0v) is 10.4. The van der Waals surface area contributed by atoms with E-state index in [-0.39, 0.29) is 24.7 Å². The fourth-order valence-electron chi connectivity index (χ4n) is 1.92. The van der Waals surface area contributed by atoms with Crippen LogP contribution in [0.25, 0.3) is 0 Å². The van der Waals surface area contributed by atoms with Gasteiger partial charge in [0.25, 0.3) is 0 Å². The van der Waals surface area contributed by atoms with Gasteiger partial charge >= 0.3 is 0 Å². The van der Waals surface area contributed by atoms with Crippen molar-refractivity contribution in [1.29, 1.82) is 0 Å². The second kappa shape index (κ2) is 6.08. The van der Waals surface area contributed by atoms with Crippen molar-refractivity contribution in [2.45, 2.75) is 18.9 Å². The molecule has 1 saturated carbocycles. The van der Waals surface area contributed by atoms with Crippen LogP contribution in [0, 0.1) is 11.6 Å². The molecule has 0 radical (unpaired) electrons. The lowest BCUT2D eigenvalue weighted by molar-refractivity contribution is -0.117. The minimum Gasteiger partial charge on any atom is -0.395 e. The number of carbonyl (C=O) groups excluding carboxylic acids is 1. The summed E-state index contributed by atoms with van der Waals surface area (Å²) in [5, 5.41) is 11.4. The molecule has 0 spiro atoms. The van der Waals surface area contributed by atoms with Crippen molar-refractivity contribution in [3.63, 3.8) is 0 Å². The summed E-state index contributed by atoms with van der Waals surface area (Å²) >= 11 is 0. The minimum absolute atomic E-state index is 0.00500. The molecule has 0 atom stereocenters. The highest BCUT2D eigenvalue weighted by Crippen LogP contribution is 2.26. The van der Waals surface area contributed by atoms with E-state index in [0.29, 0.717) is 12.6 Å². The van der Waals surface area contributed by atoms with E-state index in [4.69, 9.17) is 5.11 Å². The van der Waals surface area contributed by atoms with Gasteiger partial charge in [0, 0.05) is 24.3 Å². The quantitative estimate of drug-likeness (QED) is 0.820. The number of carbonyl (C=O) groups is 1. The Hall–Kier alpha value is -1.53. The first-order chi connectivity index (χ1) is 9.10. The van der Waals surface area contributed by atoms with Gasteiger partial charge in [-0.2, -0.15) is 0 Å². The van der Waals surface area contributed by atoms with Crippen LogP contribution in [-0.4, -0.2) is 41.7 Å². The molecule has 0 bridgehead atoms. The van der Waals surface area contributed by atoms with Crippen LogP contribution < -0.4 is 5.32 Å². The highest BCUT2D eigenvalue weighted by atomic mass is 19.2. The Bertz CT molecular complexity index is 464. The van der Waals surface area contributed by atoms with Gasteiger partial charge in [-0.1, -0.05) is 0 Å². The molecular weight excluding hydrogens is 254 g/mol. The lowest BCUT2D eigenvalue weighted by Crippen LogP contribution is -2.36. The molecule has 1 fully saturated rings.